The fourth-order valence-electron chi connectivity index (χ4n) is 7.90. The van der Waals surface area contributed by atoms with Gasteiger partial charge in [-0.2, -0.15) is 0 Å². The Morgan fingerprint density at radius 2 is 1.11 bits per heavy atom. The van der Waals surface area contributed by atoms with Gasteiger partial charge in [-0.25, -0.2) is 0 Å². The molecule has 2 atom stereocenters. The predicted octanol–water partition coefficient (Wildman–Crippen LogP) is 10.9. The predicted molar refractivity (Wildman–Crippen MR) is 191 cm³/mol. The van der Waals surface area contributed by atoms with E-state index in [0.717, 1.165) is 5.75 Å². The first-order valence-corrected chi connectivity index (χ1v) is 16.0. The van der Waals surface area contributed by atoms with Gasteiger partial charge in [0.25, 0.3) is 0 Å². The molecule has 0 bridgehead atoms. The zero-order valence-electron chi connectivity index (χ0n) is 25.4. The summed E-state index contributed by atoms with van der Waals surface area (Å²) in [5.41, 5.74) is 10.5. The lowest BCUT2D eigenvalue weighted by Crippen LogP contribution is -2.33. The molecule has 0 spiro atoms. The molecule has 2 aliphatic rings. The van der Waals surface area contributed by atoms with Crippen molar-refractivity contribution in [3.63, 3.8) is 0 Å². The number of benzene rings is 6. The lowest BCUT2D eigenvalue weighted by molar-refractivity contribution is 0.155. The van der Waals surface area contributed by atoms with Crippen molar-refractivity contribution >= 4 is 49.3 Å². The van der Waals surface area contributed by atoms with E-state index in [-0.39, 0.29) is 11.5 Å². The maximum Gasteiger partial charge on any atom is 0.135 e. The van der Waals surface area contributed by atoms with Crippen LogP contribution in [-0.4, -0.2) is 14.7 Å². The Labute approximate surface area is 266 Å². The molecule has 0 fully saturated rings. The third kappa shape index (κ3) is 3.54. The number of allylic oxidation sites excluding steroid dienone is 2. The van der Waals surface area contributed by atoms with Gasteiger partial charge < -0.3 is 13.9 Å². The Balaban J connectivity index is 1.14. The topological polar surface area (TPSA) is 19.1 Å². The minimum absolute atomic E-state index is 0.156. The number of ether oxygens (including phenoxy) is 1. The number of rotatable bonds is 3. The summed E-state index contributed by atoms with van der Waals surface area (Å²) in [5, 5.41) is 5.04. The lowest BCUT2D eigenvalue weighted by Gasteiger charge is -2.30. The highest BCUT2D eigenvalue weighted by Gasteiger charge is 2.43. The van der Waals surface area contributed by atoms with Gasteiger partial charge in [-0.15, -0.1) is 0 Å². The summed E-state index contributed by atoms with van der Waals surface area (Å²) in [6, 6.07) is 50.4. The number of para-hydroxylation sites is 4. The summed E-state index contributed by atoms with van der Waals surface area (Å²) in [6.45, 7) is 2.19. The van der Waals surface area contributed by atoms with Crippen molar-refractivity contribution < 1.29 is 4.74 Å². The fraction of sp³-hybridized carbons (Fsp3) is 0.0698. The van der Waals surface area contributed by atoms with Crippen molar-refractivity contribution in [1.82, 2.24) is 9.13 Å². The molecule has 46 heavy (non-hydrogen) atoms. The molecule has 3 nitrogen and oxygen atoms in total. The molecule has 3 heteroatoms. The maximum atomic E-state index is 6.45. The van der Waals surface area contributed by atoms with Crippen LogP contribution in [0.1, 0.15) is 18.4 Å². The molecule has 2 aromatic heterocycles. The van der Waals surface area contributed by atoms with Crippen LogP contribution < -0.4 is 4.74 Å². The molecule has 0 saturated carbocycles. The van der Waals surface area contributed by atoms with Gasteiger partial charge in [0, 0.05) is 38.5 Å². The van der Waals surface area contributed by atoms with E-state index in [1.807, 2.05) is 0 Å². The maximum absolute atomic E-state index is 6.45. The second-order valence-electron chi connectivity index (χ2n) is 12.7. The Bertz CT molecular complexity index is 2580. The summed E-state index contributed by atoms with van der Waals surface area (Å²) in [4.78, 5) is 0. The van der Waals surface area contributed by atoms with Crippen LogP contribution >= 0.6 is 0 Å². The molecule has 1 aliphatic heterocycles. The van der Waals surface area contributed by atoms with Crippen molar-refractivity contribution in [2.75, 3.05) is 0 Å². The van der Waals surface area contributed by atoms with Crippen LogP contribution in [0.15, 0.2) is 158 Å². The third-order valence-electron chi connectivity index (χ3n) is 10.1. The van der Waals surface area contributed by atoms with Crippen LogP contribution in [0.3, 0.4) is 0 Å². The smallest absolute Gasteiger partial charge is 0.135 e. The Morgan fingerprint density at radius 1 is 0.543 bits per heavy atom. The van der Waals surface area contributed by atoms with Crippen molar-refractivity contribution in [3.8, 4) is 22.6 Å². The second-order valence-corrected chi connectivity index (χ2v) is 12.7. The van der Waals surface area contributed by atoms with Gasteiger partial charge >= 0.3 is 0 Å². The normalized spacial score (nSPS) is 18.6. The third-order valence-corrected chi connectivity index (χ3v) is 10.1. The van der Waals surface area contributed by atoms with Crippen LogP contribution in [0.4, 0.5) is 0 Å². The van der Waals surface area contributed by atoms with Gasteiger partial charge in [-0.1, -0.05) is 84.9 Å². The molecular formula is C43H30N2O. The molecule has 218 valence electrons. The monoisotopic (exact) mass is 590 g/mol. The summed E-state index contributed by atoms with van der Waals surface area (Å²) >= 11 is 0. The van der Waals surface area contributed by atoms with Gasteiger partial charge in [-0.3, -0.25) is 0 Å². The SMILES string of the molecule is CC12C=CC(n3c4ccccc4c4cc(-c5ccc6c(c5)c5ccccc5n6-c5ccccc5)ccc43)=CC1c1ccccc1O2. The molecule has 0 radical (unpaired) electrons. The van der Waals surface area contributed by atoms with Crippen LogP contribution in [0.2, 0.25) is 0 Å². The number of nitrogens with zero attached hydrogens (tertiary/aromatic N) is 2. The zero-order chi connectivity index (χ0) is 30.4. The molecule has 2 unspecified atom stereocenters. The Hall–Kier alpha value is -5.80. The average molecular weight is 591 g/mol. The number of fused-ring (bicyclic) bond motifs is 9. The zero-order valence-corrected chi connectivity index (χ0v) is 25.4. The molecule has 0 saturated heterocycles. The standard InChI is InChI=1S/C43H30N2O/c1-43-24-23-31(27-37(43)34-15-7-10-18-42(34)46-43)45-39-17-9-6-14-33(39)36-26-29(20-22-41(36)45)28-19-21-40-35(25-28)32-13-5-8-16-38(32)44(40)30-11-3-2-4-12-30/h2-27,37H,1H3. The summed E-state index contributed by atoms with van der Waals surface area (Å²) < 4.78 is 11.2. The molecule has 3 heterocycles. The average Bonchev–Trinajstić information content (AvgIpc) is 3.72. The van der Waals surface area contributed by atoms with E-state index >= 15 is 0 Å². The Morgan fingerprint density at radius 3 is 1.83 bits per heavy atom. The molecule has 6 aromatic carbocycles. The summed E-state index contributed by atoms with van der Waals surface area (Å²) in [7, 11) is 0. The van der Waals surface area contributed by atoms with Crippen LogP contribution in [0.25, 0.3) is 66.1 Å². The first kappa shape index (κ1) is 25.5. The van der Waals surface area contributed by atoms with E-state index in [4.69, 9.17) is 4.74 Å². The number of aromatic nitrogens is 2. The van der Waals surface area contributed by atoms with Gasteiger partial charge in [0.15, 0.2) is 0 Å². The number of hydrogen-bond donors (Lipinski definition) is 0. The van der Waals surface area contributed by atoms with Crippen LogP contribution in [0, 0.1) is 0 Å². The van der Waals surface area contributed by atoms with Gasteiger partial charge in [0.05, 0.1) is 28.0 Å². The molecule has 8 aromatic rings. The van der Waals surface area contributed by atoms with Gasteiger partial charge in [0.1, 0.15) is 11.4 Å². The highest BCUT2D eigenvalue weighted by Crippen LogP contribution is 2.49. The van der Waals surface area contributed by atoms with E-state index in [2.05, 4.69) is 174 Å². The van der Waals surface area contributed by atoms with Crippen LogP contribution in [0.5, 0.6) is 5.75 Å². The van der Waals surface area contributed by atoms with Crippen molar-refractivity contribution in [2.24, 2.45) is 0 Å². The molecule has 0 N–H and O–H groups in total. The van der Waals surface area contributed by atoms with E-state index in [0.29, 0.717) is 0 Å². The van der Waals surface area contributed by atoms with Gasteiger partial charge in [0.2, 0.25) is 0 Å². The first-order valence-electron chi connectivity index (χ1n) is 16.0. The van der Waals surface area contributed by atoms with Gasteiger partial charge in [-0.05, 0) is 90.9 Å². The molecule has 0 amide bonds. The van der Waals surface area contributed by atoms with E-state index in [9.17, 15) is 0 Å². The minimum atomic E-state index is -0.374. The lowest BCUT2D eigenvalue weighted by atomic mass is 9.81. The van der Waals surface area contributed by atoms with E-state index < -0.39 is 0 Å². The first-order chi connectivity index (χ1) is 22.7. The summed E-state index contributed by atoms with van der Waals surface area (Å²) in [6.07, 6.45) is 6.86. The minimum Gasteiger partial charge on any atom is -0.482 e. The number of hydrogen-bond acceptors (Lipinski definition) is 1. The van der Waals surface area contributed by atoms with E-state index in [1.165, 1.54) is 71.7 Å². The van der Waals surface area contributed by atoms with Crippen molar-refractivity contribution in [3.05, 3.63) is 163 Å². The van der Waals surface area contributed by atoms with Crippen molar-refractivity contribution in [1.29, 1.82) is 0 Å². The van der Waals surface area contributed by atoms with E-state index in [1.54, 1.807) is 0 Å². The largest absolute Gasteiger partial charge is 0.482 e. The molecule has 1 aliphatic carbocycles. The second kappa shape index (κ2) is 9.35. The Kier molecular flexibility index (Phi) is 5.19. The molecular weight excluding hydrogens is 560 g/mol. The highest BCUT2D eigenvalue weighted by atomic mass is 16.5. The van der Waals surface area contributed by atoms with Crippen molar-refractivity contribution in [2.45, 2.75) is 18.4 Å². The van der Waals surface area contributed by atoms with Crippen LogP contribution in [-0.2, 0) is 0 Å². The fourth-order valence-corrected chi connectivity index (χ4v) is 7.90. The summed E-state index contributed by atoms with van der Waals surface area (Å²) in [5.74, 6) is 1.14. The molecule has 10 rings (SSSR count). The highest BCUT2D eigenvalue weighted by molar-refractivity contribution is 6.13. The quantitative estimate of drug-likeness (QED) is 0.200.